The normalized spacial score (nSPS) is 14.9. The van der Waals surface area contributed by atoms with E-state index in [4.69, 9.17) is 0 Å². The van der Waals surface area contributed by atoms with Gasteiger partial charge in [-0.1, -0.05) is 58.0 Å². The Morgan fingerprint density at radius 1 is 1.06 bits per heavy atom. The standard InChI is InChI=1S/C16H27N/c1-5-11-17-16(12-13(2)3)14(4)15-9-7-6-8-10-15/h6-10,13-14,16-17H,5,11-12H2,1-4H3. The molecular formula is C16H27N. The fourth-order valence-electron chi connectivity index (χ4n) is 2.29. The van der Waals surface area contributed by atoms with Crippen LogP contribution < -0.4 is 5.32 Å². The number of nitrogens with one attached hydrogen (secondary N) is 1. The van der Waals surface area contributed by atoms with Crippen molar-refractivity contribution in [2.24, 2.45) is 5.92 Å². The van der Waals surface area contributed by atoms with Crippen LogP contribution in [-0.4, -0.2) is 12.6 Å². The highest BCUT2D eigenvalue weighted by Gasteiger charge is 2.18. The Bertz CT molecular complexity index is 292. The van der Waals surface area contributed by atoms with Crippen LogP contribution in [0.2, 0.25) is 0 Å². The van der Waals surface area contributed by atoms with Crippen LogP contribution in [0.3, 0.4) is 0 Å². The van der Waals surface area contributed by atoms with Gasteiger partial charge in [0.2, 0.25) is 0 Å². The van der Waals surface area contributed by atoms with Crippen LogP contribution in [0.1, 0.15) is 52.0 Å². The van der Waals surface area contributed by atoms with E-state index in [1.807, 2.05) is 0 Å². The molecule has 0 bridgehead atoms. The molecule has 0 saturated heterocycles. The predicted octanol–water partition coefficient (Wildman–Crippen LogP) is 4.20. The van der Waals surface area contributed by atoms with Crippen LogP contribution >= 0.6 is 0 Å². The molecule has 0 aliphatic carbocycles. The first-order valence-corrected chi connectivity index (χ1v) is 6.93. The molecule has 0 aliphatic heterocycles. The van der Waals surface area contributed by atoms with E-state index in [1.54, 1.807) is 0 Å². The van der Waals surface area contributed by atoms with E-state index in [0.29, 0.717) is 12.0 Å². The minimum atomic E-state index is 0.588. The first kappa shape index (κ1) is 14.2. The molecule has 1 nitrogen and oxygen atoms in total. The zero-order chi connectivity index (χ0) is 12.7. The minimum absolute atomic E-state index is 0.588. The maximum Gasteiger partial charge on any atom is 0.0136 e. The van der Waals surface area contributed by atoms with Gasteiger partial charge in [-0.15, -0.1) is 0 Å². The molecule has 1 aromatic carbocycles. The number of hydrogen-bond donors (Lipinski definition) is 1. The summed E-state index contributed by atoms with van der Waals surface area (Å²) < 4.78 is 0. The molecule has 2 atom stereocenters. The lowest BCUT2D eigenvalue weighted by atomic mass is 9.88. The molecule has 1 heteroatoms. The summed E-state index contributed by atoms with van der Waals surface area (Å²) in [7, 11) is 0. The Hall–Kier alpha value is -0.820. The SMILES string of the molecule is CCCNC(CC(C)C)C(C)c1ccccc1. The maximum absolute atomic E-state index is 3.70. The van der Waals surface area contributed by atoms with Gasteiger partial charge in [0.1, 0.15) is 0 Å². The fourth-order valence-corrected chi connectivity index (χ4v) is 2.29. The fraction of sp³-hybridized carbons (Fsp3) is 0.625. The molecule has 2 unspecified atom stereocenters. The van der Waals surface area contributed by atoms with Gasteiger partial charge in [0.25, 0.3) is 0 Å². The van der Waals surface area contributed by atoms with Gasteiger partial charge in [0.15, 0.2) is 0 Å². The minimum Gasteiger partial charge on any atom is -0.313 e. The van der Waals surface area contributed by atoms with E-state index in [0.717, 1.165) is 12.5 Å². The second-order valence-corrected chi connectivity index (χ2v) is 5.39. The summed E-state index contributed by atoms with van der Waals surface area (Å²) in [6.45, 7) is 10.3. The zero-order valence-corrected chi connectivity index (χ0v) is 11.7. The summed E-state index contributed by atoms with van der Waals surface area (Å²) in [6.07, 6.45) is 2.45. The van der Waals surface area contributed by atoms with Crippen LogP contribution in [0.25, 0.3) is 0 Å². The Balaban J connectivity index is 2.68. The molecule has 17 heavy (non-hydrogen) atoms. The molecule has 1 N–H and O–H groups in total. The van der Waals surface area contributed by atoms with Crippen molar-refractivity contribution < 1.29 is 0 Å². The van der Waals surface area contributed by atoms with Gasteiger partial charge >= 0.3 is 0 Å². The van der Waals surface area contributed by atoms with Crippen LogP contribution in [0.15, 0.2) is 30.3 Å². The van der Waals surface area contributed by atoms with Crippen LogP contribution in [-0.2, 0) is 0 Å². The molecule has 1 aromatic rings. The Labute approximate surface area is 107 Å². The van der Waals surface area contributed by atoms with Crippen molar-refractivity contribution in [1.82, 2.24) is 5.32 Å². The lowest BCUT2D eigenvalue weighted by Gasteiger charge is -2.27. The molecule has 0 amide bonds. The van der Waals surface area contributed by atoms with Crippen LogP contribution in [0.5, 0.6) is 0 Å². The summed E-state index contributed by atoms with van der Waals surface area (Å²) >= 11 is 0. The lowest BCUT2D eigenvalue weighted by molar-refractivity contribution is 0.376. The van der Waals surface area contributed by atoms with Crippen LogP contribution in [0.4, 0.5) is 0 Å². The highest BCUT2D eigenvalue weighted by Crippen LogP contribution is 2.23. The van der Waals surface area contributed by atoms with Crippen molar-refractivity contribution in [3.63, 3.8) is 0 Å². The highest BCUT2D eigenvalue weighted by atomic mass is 14.9. The Morgan fingerprint density at radius 3 is 2.24 bits per heavy atom. The first-order valence-electron chi connectivity index (χ1n) is 6.93. The lowest BCUT2D eigenvalue weighted by Crippen LogP contribution is -2.35. The highest BCUT2D eigenvalue weighted by molar-refractivity contribution is 5.20. The smallest absolute Gasteiger partial charge is 0.0136 e. The van der Waals surface area contributed by atoms with E-state index in [9.17, 15) is 0 Å². The summed E-state index contributed by atoms with van der Waals surface area (Å²) in [5, 5.41) is 3.70. The second-order valence-electron chi connectivity index (χ2n) is 5.39. The predicted molar refractivity (Wildman–Crippen MR) is 76.4 cm³/mol. The maximum atomic E-state index is 3.70. The average molecular weight is 233 g/mol. The topological polar surface area (TPSA) is 12.0 Å². The summed E-state index contributed by atoms with van der Waals surface area (Å²) in [6, 6.07) is 11.4. The van der Waals surface area contributed by atoms with Gasteiger partial charge in [-0.2, -0.15) is 0 Å². The molecular weight excluding hydrogens is 206 g/mol. The Kier molecular flexibility index (Phi) is 6.28. The van der Waals surface area contributed by atoms with Crippen LogP contribution in [0, 0.1) is 5.92 Å². The molecule has 0 radical (unpaired) electrons. The monoisotopic (exact) mass is 233 g/mol. The summed E-state index contributed by atoms with van der Waals surface area (Å²) in [5.74, 6) is 1.33. The number of rotatable bonds is 7. The van der Waals surface area contributed by atoms with Gasteiger partial charge in [-0.05, 0) is 36.8 Å². The van der Waals surface area contributed by atoms with Gasteiger partial charge in [-0.25, -0.2) is 0 Å². The van der Waals surface area contributed by atoms with Crippen molar-refractivity contribution >= 4 is 0 Å². The van der Waals surface area contributed by atoms with E-state index in [1.165, 1.54) is 18.4 Å². The molecule has 0 saturated carbocycles. The largest absolute Gasteiger partial charge is 0.313 e. The molecule has 0 fully saturated rings. The molecule has 0 aliphatic rings. The van der Waals surface area contributed by atoms with Gasteiger partial charge in [0, 0.05) is 6.04 Å². The third kappa shape index (κ3) is 4.91. The van der Waals surface area contributed by atoms with E-state index < -0.39 is 0 Å². The second kappa shape index (κ2) is 7.50. The van der Waals surface area contributed by atoms with E-state index in [-0.39, 0.29) is 0 Å². The van der Waals surface area contributed by atoms with Crippen molar-refractivity contribution in [3.05, 3.63) is 35.9 Å². The van der Waals surface area contributed by atoms with Crippen molar-refractivity contribution in [2.45, 2.75) is 52.5 Å². The third-order valence-electron chi connectivity index (χ3n) is 3.31. The zero-order valence-electron chi connectivity index (χ0n) is 11.7. The van der Waals surface area contributed by atoms with E-state index in [2.05, 4.69) is 63.3 Å². The Morgan fingerprint density at radius 2 is 1.71 bits per heavy atom. The summed E-state index contributed by atoms with van der Waals surface area (Å²) in [4.78, 5) is 0. The molecule has 0 heterocycles. The van der Waals surface area contributed by atoms with Gasteiger partial charge in [-0.3, -0.25) is 0 Å². The third-order valence-corrected chi connectivity index (χ3v) is 3.31. The molecule has 0 aromatic heterocycles. The average Bonchev–Trinajstić information content (AvgIpc) is 2.34. The first-order chi connectivity index (χ1) is 8.15. The molecule has 1 rings (SSSR count). The number of hydrogen-bond acceptors (Lipinski definition) is 1. The summed E-state index contributed by atoms with van der Waals surface area (Å²) in [5.41, 5.74) is 1.45. The van der Waals surface area contributed by atoms with Gasteiger partial charge < -0.3 is 5.32 Å². The van der Waals surface area contributed by atoms with Gasteiger partial charge in [0.05, 0.1) is 0 Å². The molecule has 0 spiro atoms. The van der Waals surface area contributed by atoms with Crippen molar-refractivity contribution in [2.75, 3.05) is 6.54 Å². The van der Waals surface area contributed by atoms with Crippen molar-refractivity contribution in [3.8, 4) is 0 Å². The van der Waals surface area contributed by atoms with Crippen molar-refractivity contribution in [1.29, 1.82) is 0 Å². The van der Waals surface area contributed by atoms with E-state index >= 15 is 0 Å². The number of benzene rings is 1. The quantitative estimate of drug-likeness (QED) is 0.744. The molecule has 96 valence electrons.